The summed E-state index contributed by atoms with van der Waals surface area (Å²) in [5.74, 6) is 0.749. The quantitative estimate of drug-likeness (QED) is 0.421. The molecule has 8 nitrogen and oxygen atoms in total. The molecular formula is C18H36N8. The molecule has 26 heavy (non-hydrogen) atoms. The summed E-state index contributed by atoms with van der Waals surface area (Å²) in [4.78, 5) is 11.8. The molecule has 1 fully saturated rings. The monoisotopic (exact) mass is 364 g/mol. The van der Waals surface area contributed by atoms with Gasteiger partial charge in [-0.3, -0.25) is 0 Å². The van der Waals surface area contributed by atoms with Gasteiger partial charge < -0.3 is 27.4 Å². The highest BCUT2D eigenvalue weighted by Gasteiger charge is 2.37. The van der Waals surface area contributed by atoms with Crippen molar-refractivity contribution in [2.24, 2.45) is 0 Å². The van der Waals surface area contributed by atoms with Crippen molar-refractivity contribution < 1.29 is 0 Å². The van der Waals surface area contributed by atoms with Crippen LogP contribution >= 0.6 is 0 Å². The van der Waals surface area contributed by atoms with E-state index in [9.17, 15) is 0 Å². The van der Waals surface area contributed by atoms with Gasteiger partial charge in [0.25, 0.3) is 0 Å². The Labute approximate surface area is 157 Å². The molecule has 148 valence electrons. The molecule has 0 aliphatic carbocycles. The Bertz CT molecular complexity index is 536. The topological polar surface area (TPSA) is 127 Å². The van der Waals surface area contributed by atoms with Crippen LogP contribution < -0.4 is 27.4 Å². The summed E-state index contributed by atoms with van der Waals surface area (Å²) in [5.41, 5.74) is 11.5. The van der Waals surface area contributed by atoms with E-state index in [1.54, 1.807) is 0 Å². The highest BCUT2D eigenvalue weighted by Crippen LogP contribution is 2.28. The third-order valence-corrected chi connectivity index (χ3v) is 4.68. The second-order valence-corrected chi connectivity index (χ2v) is 8.67. The summed E-state index contributed by atoms with van der Waals surface area (Å²) in [7, 11) is 0. The lowest BCUT2D eigenvalue weighted by Crippen LogP contribution is -2.61. The first-order chi connectivity index (χ1) is 12.2. The minimum absolute atomic E-state index is 0.148. The molecule has 0 atom stereocenters. The van der Waals surface area contributed by atoms with Crippen LogP contribution in [0, 0.1) is 0 Å². The molecule has 8 heteroatoms. The van der Waals surface area contributed by atoms with Gasteiger partial charge in [0, 0.05) is 23.7 Å². The number of nitrogen functional groups attached to an aromatic ring is 2. The number of rotatable bonds is 9. The normalized spacial score (nSPS) is 19.4. The average Bonchev–Trinajstić information content (AvgIpc) is 2.45. The fourth-order valence-corrected chi connectivity index (χ4v) is 4.06. The Morgan fingerprint density at radius 1 is 0.885 bits per heavy atom. The smallest absolute Gasteiger partial charge is 0.229 e. The van der Waals surface area contributed by atoms with Crippen molar-refractivity contribution in [2.75, 3.05) is 29.9 Å². The van der Waals surface area contributed by atoms with Crippen LogP contribution in [-0.4, -0.2) is 45.2 Å². The predicted octanol–water partition coefficient (Wildman–Crippen LogP) is 1.91. The minimum atomic E-state index is 0.148. The molecule has 0 aromatic carbocycles. The third kappa shape index (κ3) is 7.29. The molecule has 1 aromatic rings. The Morgan fingerprint density at radius 3 is 2.00 bits per heavy atom. The van der Waals surface area contributed by atoms with Crippen LogP contribution in [0.3, 0.4) is 0 Å². The molecule has 2 heterocycles. The largest absolute Gasteiger partial charge is 0.368 e. The highest BCUT2D eigenvalue weighted by atomic mass is 15.2. The van der Waals surface area contributed by atoms with Gasteiger partial charge in [0.15, 0.2) is 0 Å². The van der Waals surface area contributed by atoms with Gasteiger partial charge in [-0.1, -0.05) is 12.8 Å². The van der Waals surface area contributed by atoms with Crippen LogP contribution in [0.15, 0.2) is 0 Å². The fraction of sp³-hybridized carbons (Fsp3) is 0.833. The molecule has 0 amide bonds. The molecule has 0 spiro atoms. The number of unbranched alkanes of at least 4 members (excludes halogenated alkanes) is 3. The van der Waals surface area contributed by atoms with Gasteiger partial charge in [0.1, 0.15) is 0 Å². The van der Waals surface area contributed by atoms with Gasteiger partial charge in [-0.2, -0.15) is 15.0 Å². The average molecular weight is 365 g/mol. The summed E-state index contributed by atoms with van der Waals surface area (Å²) in [5, 5.41) is 10.6. The van der Waals surface area contributed by atoms with Crippen molar-refractivity contribution in [1.82, 2.24) is 25.6 Å². The molecule has 2 rings (SSSR count). The number of hydrogen-bond donors (Lipinski definition) is 5. The van der Waals surface area contributed by atoms with E-state index in [2.05, 4.69) is 58.6 Å². The van der Waals surface area contributed by atoms with E-state index in [-0.39, 0.29) is 23.0 Å². The van der Waals surface area contributed by atoms with E-state index in [4.69, 9.17) is 11.5 Å². The number of anilines is 3. The second-order valence-electron chi connectivity index (χ2n) is 8.67. The minimum Gasteiger partial charge on any atom is -0.368 e. The SMILES string of the molecule is CC1(C)CC(NCCCCCCNc2nc(N)nc(N)n2)CC(C)(C)N1. The number of hydrogen-bond acceptors (Lipinski definition) is 8. The van der Waals surface area contributed by atoms with E-state index >= 15 is 0 Å². The van der Waals surface area contributed by atoms with Crippen LogP contribution in [0.5, 0.6) is 0 Å². The number of aromatic nitrogens is 3. The van der Waals surface area contributed by atoms with Crippen molar-refractivity contribution in [3.05, 3.63) is 0 Å². The molecule has 1 aliphatic rings. The zero-order valence-corrected chi connectivity index (χ0v) is 16.7. The number of piperidine rings is 1. The zero-order valence-electron chi connectivity index (χ0n) is 16.7. The standard InChI is InChI=1S/C18H36N8/c1-17(2)11-13(12-18(3,4)26-17)21-9-7-5-6-8-10-22-16-24-14(19)23-15(20)25-16/h13,21,26H,5-12H2,1-4H3,(H5,19,20,22,23,24,25). The van der Waals surface area contributed by atoms with Crippen molar-refractivity contribution in [3.63, 3.8) is 0 Å². The number of nitrogens with two attached hydrogens (primary N) is 2. The molecular weight excluding hydrogens is 328 g/mol. The first-order valence-electron chi connectivity index (χ1n) is 9.69. The molecule has 0 unspecified atom stereocenters. The van der Waals surface area contributed by atoms with Gasteiger partial charge >= 0.3 is 0 Å². The Balaban J connectivity index is 1.54. The fourth-order valence-electron chi connectivity index (χ4n) is 4.06. The first-order valence-corrected chi connectivity index (χ1v) is 9.69. The van der Waals surface area contributed by atoms with Gasteiger partial charge in [0.05, 0.1) is 0 Å². The Hall–Kier alpha value is -1.67. The second kappa shape index (κ2) is 8.81. The molecule has 1 aromatic heterocycles. The Kier molecular flexibility index (Phi) is 7.00. The van der Waals surface area contributed by atoms with E-state index in [0.29, 0.717) is 12.0 Å². The predicted molar refractivity (Wildman–Crippen MR) is 108 cm³/mol. The van der Waals surface area contributed by atoms with Crippen LogP contribution in [0.4, 0.5) is 17.8 Å². The van der Waals surface area contributed by atoms with Crippen LogP contribution in [0.2, 0.25) is 0 Å². The summed E-state index contributed by atoms with van der Waals surface area (Å²) < 4.78 is 0. The zero-order chi connectivity index (χ0) is 19.2. The Morgan fingerprint density at radius 2 is 1.42 bits per heavy atom. The van der Waals surface area contributed by atoms with E-state index < -0.39 is 0 Å². The van der Waals surface area contributed by atoms with Crippen molar-refractivity contribution in [3.8, 4) is 0 Å². The van der Waals surface area contributed by atoms with E-state index in [1.807, 2.05) is 0 Å². The van der Waals surface area contributed by atoms with Crippen molar-refractivity contribution >= 4 is 17.8 Å². The number of nitrogens with one attached hydrogen (secondary N) is 3. The summed E-state index contributed by atoms with van der Waals surface area (Å²) >= 11 is 0. The lowest BCUT2D eigenvalue weighted by atomic mass is 9.79. The van der Waals surface area contributed by atoms with Crippen molar-refractivity contribution in [1.29, 1.82) is 0 Å². The highest BCUT2D eigenvalue weighted by molar-refractivity contribution is 5.36. The van der Waals surface area contributed by atoms with Crippen LogP contribution in [0.25, 0.3) is 0 Å². The maximum absolute atomic E-state index is 5.55. The molecule has 1 saturated heterocycles. The van der Waals surface area contributed by atoms with Gasteiger partial charge in [-0.15, -0.1) is 0 Å². The van der Waals surface area contributed by atoms with E-state index in [1.165, 1.54) is 32.1 Å². The van der Waals surface area contributed by atoms with Gasteiger partial charge in [-0.25, -0.2) is 0 Å². The van der Waals surface area contributed by atoms with Gasteiger partial charge in [-0.05, 0) is 59.9 Å². The van der Waals surface area contributed by atoms with Gasteiger partial charge in [0.2, 0.25) is 17.8 Å². The summed E-state index contributed by atoms with van der Waals surface area (Å²) in [6.07, 6.45) is 7.02. The molecule has 0 bridgehead atoms. The lowest BCUT2D eigenvalue weighted by molar-refractivity contribution is 0.146. The van der Waals surface area contributed by atoms with Crippen LogP contribution in [-0.2, 0) is 0 Å². The molecule has 0 radical (unpaired) electrons. The third-order valence-electron chi connectivity index (χ3n) is 4.68. The molecule has 1 aliphatic heterocycles. The van der Waals surface area contributed by atoms with E-state index in [0.717, 1.165) is 19.5 Å². The maximum atomic E-state index is 5.55. The first kappa shape index (κ1) is 20.6. The van der Waals surface area contributed by atoms with Crippen LogP contribution in [0.1, 0.15) is 66.2 Å². The lowest BCUT2D eigenvalue weighted by Gasteiger charge is -2.46. The maximum Gasteiger partial charge on any atom is 0.229 e. The molecule has 7 N–H and O–H groups in total. The molecule has 0 saturated carbocycles. The summed E-state index contributed by atoms with van der Waals surface area (Å²) in [6.45, 7) is 11.1. The summed E-state index contributed by atoms with van der Waals surface area (Å²) in [6, 6.07) is 0.600. The van der Waals surface area contributed by atoms with Crippen molar-refractivity contribution in [2.45, 2.75) is 83.3 Å². The number of nitrogens with zero attached hydrogens (tertiary/aromatic N) is 3.